The highest BCUT2D eigenvalue weighted by Gasteiger charge is 2.20. The van der Waals surface area contributed by atoms with Gasteiger partial charge in [0.05, 0.1) is 18.1 Å². The highest BCUT2D eigenvalue weighted by Crippen LogP contribution is 2.43. The number of pyridine rings is 1. The van der Waals surface area contributed by atoms with Crippen LogP contribution in [0.4, 0.5) is 0 Å². The molecule has 1 heterocycles. The summed E-state index contributed by atoms with van der Waals surface area (Å²) < 4.78 is 5.61. The van der Waals surface area contributed by atoms with Crippen molar-refractivity contribution in [3.63, 3.8) is 0 Å². The van der Waals surface area contributed by atoms with E-state index in [1.165, 1.54) is 15.7 Å². The average Bonchev–Trinajstić information content (AvgIpc) is 2.72. The molecule has 0 spiro atoms. The third kappa shape index (κ3) is 3.44. The topological polar surface area (TPSA) is 22.1 Å². The van der Waals surface area contributed by atoms with Gasteiger partial charge in [0.1, 0.15) is 5.75 Å². The zero-order chi connectivity index (χ0) is 17.8. The highest BCUT2D eigenvalue weighted by atomic mass is 32.2. The molecule has 1 unspecified atom stereocenters. The molecular formula is C23H19NOS. The summed E-state index contributed by atoms with van der Waals surface area (Å²) in [6.45, 7) is 0. The molecule has 1 aromatic heterocycles. The summed E-state index contributed by atoms with van der Waals surface area (Å²) in [5.41, 5.74) is 2.15. The Bertz CT molecular complexity index is 1020. The van der Waals surface area contributed by atoms with Gasteiger partial charge in [-0.3, -0.25) is 4.98 Å². The minimum Gasteiger partial charge on any atom is -0.496 e. The molecule has 26 heavy (non-hydrogen) atoms. The Morgan fingerprint density at radius 2 is 1.58 bits per heavy atom. The SMILES string of the molecule is COc1ccccc1C(Sc1ccc2ccccc2c1)c1ccccn1. The van der Waals surface area contributed by atoms with Gasteiger partial charge < -0.3 is 4.74 Å². The second-order valence-electron chi connectivity index (χ2n) is 6.00. The van der Waals surface area contributed by atoms with Crippen LogP contribution in [0.2, 0.25) is 0 Å². The Morgan fingerprint density at radius 1 is 0.808 bits per heavy atom. The summed E-state index contributed by atoms with van der Waals surface area (Å²) in [5, 5.41) is 2.56. The average molecular weight is 357 g/mol. The molecule has 0 radical (unpaired) electrons. The molecule has 0 saturated heterocycles. The molecule has 2 nitrogen and oxygen atoms in total. The predicted octanol–water partition coefficient (Wildman–Crippen LogP) is 6.13. The van der Waals surface area contributed by atoms with Crippen LogP contribution in [0.5, 0.6) is 5.75 Å². The van der Waals surface area contributed by atoms with Gasteiger partial charge in [-0.2, -0.15) is 0 Å². The van der Waals surface area contributed by atoms with Crippen LogP contribution in [0.1, 0.15) is 16.5 Å². The predicted molar refractivity (Wildman–Crippen MR) is 109 cm³/mol. The summed E-state index contributed by atoms with van der Waals surface area (Å²) in [6.07, 6.45) is 1.85. The third-order valence-corrected chi connectivity index (χ3v) is 5.61. The molecule has 0 aliphatic carbocycles. The van der Waals surface area contributed by atoms with E-state index in [1.54, 1.807) is 18.9 Å². The van der Waals surface area contributed by atoms with Gasteiger partial charge in [-0.15, -0.1) is 11.8 Å². The lowest BCUT2D eigenvalue weighted by Gasteiger charge is -2.19. The van der Waals surface area contributed by atoms with Crippen LogP contribution >= 0.6 is 11.8 Å². The number of benzene rings is 3. The highest BCUT2D eigenvalue weighted by molar-refractivity contribution is 7.99. The smallest absolute Gasteiger partial charge is 0.123 e. The van der Waals surface area contributed by atoms with E-state index in [-0.39, 0.29) is 5.25 Å². The van der Waals surface area contributed by atoms with E-state index in [0.29, 0.717) is 0 Å². The van der Waals surface area contributed by atoms with E-state index in [4.69, 9.17) is 4.74 Å². The van der Waals surface area contributed by atoms with Crippen LogP contribution in [0.25, 0.3) is 10.8 Å². The molecule has 4 aromatic rings. The molecule has 4 rings (SSSR count). The molecule has 1 atom stereocenters. The molecule has 128 valence electrons. The van der Waals surface area contributed by atoms with Gasteiger partial charge in [-0.1, -0.05) is 54.6 Å². The van der Waals surface area contributed by atoms with Crippen molar-refractivity contribution in [2.24, 2.45) is 0 Å². The lowest BCUT2D eigenvalue weighted by Crippen LogP contribution is -2.02. The molecule has 3 heteroatoms. The van der Waals surface area contributed by atoms with Gasteiger partial charge in [0, 0.05) is 16.7 Å². The fraction of sp³-hybridized carbons (Fsp3) is 0.0870. The summed E-state index contributed by atoms with van der Waals surface area (Å²) in [4.78, 5) is 5.83. The van der Waals surface area contributed by atoms with E-state index in [9.17, 15) is 0 Å². The Kier molecular flexibility index (Phi) is 4.89. The van der Waals surface area contributed by atoms with Crippen molar-refractivity contribution in [1.29, 1.82) is 0 Å². The number of para-hydroxylation sites is 1. The van der Waals surface area contributed by atoms with Crippen molar-refractivity contribution in [2.75, 3.05) is 7.11 Å². The number of hydrogen-bond donors (Lipinski definition) is 0. The van der Waals surface area contributed by atoms with E-state index in [1.807, 2.05) is 30.5 Å². The molecule has 0 amide bonds. The first-order valence-electron chi connectivity index (χ1n) is 8.54. The van der Waals surface area contributed by atoms with Gasteiger partial charge >= 0.3 is 0 Å². The van der Waals surface area contributed by atoms with Gasteiger partial charge in [-0.05, 0) is 41.1 Å². The van der Waals surface area contributed by atoms with Crippen molar-refractivity contribution in [3.05, 3.63) is 102 Å². The molecule has 3 aromatic carbocycles. The molecule has 0 saturated carbocycles. The van der Waals surface area contributed by atoms with Crippen molar-refractivity contribution >= 4 is 22.5 Å². The maximum absolute atomic E-state index is 5.61. The Labute approximate surface area is 157 Å². The van der Waals surface area contributed by atoms with Crippen LogP contribution < -0.4 is 4.74 Å². The van der Waals surface area contributed by atoms with Crippen molar-refractivity contribution < 1.29 is 4.74 Å². The van der Waals surface area contributed by atoms with Crippen molar-refractivity contribution in [3.8, 4) is 5.75 Å². The van der Waals surface area contributed by atoms with Crippen LogP contribution in [-0.4, -0.2) is 12.1 Å². The lowest BCUT2D eigenvalue weighted by atomic mass is 10.1. The summed E-state index contributed by atoms with van der Waals surface area (Å²) in [5.74, 6) is 0.886. The first kappa shape index (κ1) is 16.7. The fourth-order valence-electron chi connectivity index (χ4n) is 3.07. The van der Waals surface area contributed by atoms with E-state index in [0.717, 1.165) is 17.0 Å². The number of fused-ring (bicyclic) bond motifs is 1. The van der Waals surface area contributed by atoms with Crippen LogP contribution in [0, 0.1) is 0 Å². The van der Waals surface area contributed by atoms with Crippen LogP contribution in [0.3, 0.4) is 0 Å². The maximum atomic E-state index is 5.61. The number of hydrogen-bond acceptors (Lipinski definition) is 3. The summed E-state index contributed by atoms with van der Waals surface area (Å²) in [7, 11) is 1.72. The standard InChI is InChI=1S/C23H19NOS/c1-25-22-12-5-4-10-20(22)23(21-11-6-7-15-24-21)26-19-14-13-17-8-2-3-9-18(17)16-19/h2-16,23H,1H3. The minimum atomic E-state index is 0.0634. The van der Waals surface area contributed by atoms with Crippen LogP contribution in [0.15, 0.2) is 96.0 Å². The molecule has 0 bridgehead atoms. The molecule has 0 aliphatic heterocycles. The number of nitrogens with zero attached hydrogens (tertiary/aromatic N) is 1. The molecule has 0 fully saturated rings. The van der Waals surface area contributed by atoms with Gasteiger partial charge in [0.15, 0.2) is 0 Å². The summed E-state index contributed by atoms with van der Waals surface area (Å²) in [6, 6.07) is 29.3. The molecular weight excluding hydrogens is 338 g/mol. The van der Waals surface area contributed by atoms with E-state index in [2.05, 4.69) is 65.6 Å². The number of thioether (sulfide) groups is 1. The first-order valence-corrected chi connectivity index (χ1v) is 9.42. The minimum absolute atomic E-state index is 0.0634. The second kappa shape index (κ2) is 7.63. The lowest BCUT2D eigenvalue weighted by molar-refractivity contribution is 0.410. The van der Waals surface area contributed by atoms with E-state index >= 15 is 0 Å². The maximum Gasteiger partial charge on any atom is 0.123 e. The fourth-order valence-corrected chi connectivity index (χ4v) is 4.27. The Balaban J connectivity index is 1.77. The number of aromatic nitrogens is 1. The number of ether oxygens (including phenoxy) is 1. The Morgan fingerprint density at radius 3 is 2.38 bits per heavy atom. The van der Waals surface area contributed by atoms with Crippen molar-refractivity contribution in [2.45, 2.75) is 10.1 Å². The number of methoxy groups -OCH3 is 1. The quantitative estimate of drug-likeness (QED) is 0.401. The third-order valence-electron chi connectivity index (χ3n) is 4.35. The largest absolute Gasteiger partial charge is 0.496 e. The van der Waals surface area contributed by atoms with Crippen LogP contribution in [-0.2, 0) is 0 Å². The normalized spacial score (nSPS) is 12.0. The first-order chi connectivity index (χ1) is 12.8. The van der Waals surface area contributed by atoms with Crippen molar-refractivity contribution in [1.82, 2.24) is 4.98 Å². The zero-order valence-electron chi connectivity index (χ0n) is 14.5. The Hall–Kier alpha value is -2.78. The molecule has 0 aliphatic rings. The van der Waals surface area contributed by atoms with Gasteiger partial charge in [-0.25, -0.2) is 0 Å². The monoisotopic (exact) mass is 357 g/mol. The zero-order valence-corrected chi connectivity index (χ0v) is 15.3. The van der Waals surface area contributed by atoms with Gasteiger partial charge in [0.25, 0.3) is 0 Å². The second-order valence-corrected chi connectivity index (χ2v) is 7.18. The summed E-state index contributed by atoms with van der Waals surface area (Å²) >= 11 is 1.80. The number of rotatable bonds is 5. The molecule has 0 N–H and O–H groups in total. The van der Waals surface area contributed by atoms with E-state index < -0.39 is 0 Å². The van der Waals surface area contributed by atoms with Gasteiger partial charge in [0.2, 0.25) is 0 Å².